The maximum absolute atomic E-state index is 14.1. The molecule has 1 fully saturated rings. The minimum absolute atomic E-state index is 0.0590. The van der Waals surface area contributed by atoms with Crippen LogP contribution in [0.1, 0.15) is 36.4 Å². The van der Waals surface area contributed by atoms with E-state index >= 15 is 0 Å². The van der Waals surface area contributed by atoms with Crippen LogP contribution in [0.25, 0.3) is 0 Å². The molecule has 0 amide bonds. The van der Waals surface area contributed by atoms with E-state index in [1.807, 2.05) is 0 Å². The van der Waals surface area contributed by atoms with Crippen molar-refractivity contribution in [3.63, 3.8) is 0 Å². The average molecular weight is 499 g/mol. The van der Waals surface area contributed by atoms with Crippen molar-refractivity contribution in [1.29, 1.82) is 0 Å². The topological polar surface area (TPSA) is 66.8 Å². The number of ether oxygens (including phenoxy) is 1. The van der Waals surface area contributed by atoms with Gasteiger partial charge in [-0.2, -0.15) is 0 Å². The van der Waals surface area contributed by atoms with Gasteiger partial charge in [-0.3, -0.25) is 9.89 Å². The van der Waals surface area contributed by atoms with Gasteiger partial charge in [-0.05, 0) is 32.0 Å². The molecule has 1 saturated heterocycles. The molecular weight excluding hydrogens is 477 g/mol. The Labute approximate surface area is 198 Å². The summed E-state index contributed by atoms with van der Waals surface area (Å²) < 4.78 is 47.1. The van der Waals surface area contributed by atoms with Crippen LogP contribution >= 0.6 is 22.9 Å². The van der Waals surface area contributed by atoms with Crippen LogP contribution in [0.15, 0.2) is 46.0 Å². The maximum atomic E-state index is 14.1. The summed E-state index contributed by atoms with van der Waals surface area (Å²) in [5, 5.41) is 5.55. The third-order valence-corrected chi connectivity index (χ3v) is 6.47. The van der Waals surface area contributed by atoms with Crippen LogP contribution in [-0.2, 0) is 9.53 Å². The summed E-state index contributed by atoms with van der Waals surface area (Å²) in [4.78, 5) is 23.6. The number of amidine groups is 1. The second-order valence-electron chi connectivity index (χ2n) is 7.79. The number of nitrogens with zero attached hydrogens (tertiary/aromatic N) is 3. The molecule has 2 aliphatic heterocycles. The lowest BCUT2D eigenvalue weighted by Gasteiger charge is -2.35. The SMILES string of the molecule is CCOC(=O)C1=C(CN2CCCC(F)(F)C2)NC(c2nccs2)=NC1c1ccc(F)cc1Cl. The molecule has 4 rings (SSSR count). The van der Waals surface area contributed by atoms with Crippen LogP contribution in [-0.4, -0.2) is 53.9 Å². The largest absolute Gasteiger partial charge is 0.463 e. The smallest absolute Gasteiger partial charge is 0.338 e. The Morgan fingerprint density at radius 3 is 2.91 bits per heavy atom. The summed E-state index contributed by atoms with van der Waals surface area (Å²) >= 11 is 7.66. The summed E-state index contributed by atoms with van der Waals surface area (Å²) in [6.45, 7) is 1.89. The molecule has 0 aliphatic carbocycles. The van der Waals surface area contributed by atoms with Crippen molar-refractivity contribution in [2.24, 2.45) is 4.99 Å². The zero-order valence-corrected chi connectivity index (χ0v) is 19.4. The molecule has 6 nitrogen and oxygen atoms in total. The van der Waals surface area contributed by atoms with E-state index in [-0.39, 0.29) is 30.2 Å². The number of aromatic nitrogens is 1. The number of benzene rings is 1. The monoisotopic (exact) mass is 498 g/mol. The van der Waals surface area contributed by atoms with Gasteiger partial charge >= 0.3 is 5.97 Å². The van der Waals surface area contributed by atoms with Crippen LogP contribution in [0.5, 0.6) is 0 Å². The highest BCUT2D eigenvalue weighted by atomic mass is 35.5. The number of piperidine rings is 1. The van der Waals surface area contributed by atoms with E-state index in [2.05, 4.69) is 15.3 Å². The molecule has 2 aliphatic rings. The van der Waals surface area contributed by atoms with Crippen molar-refractivity contribution in [1.82, 2.24) is 15.2 Å². The van der Waals surface area contributed by atoms with Gasteiger partial charge < -0.3 is 10.1 Å². The average Bonchev–Trinajstić information content (AvgIpc) is 3.28. The van der Waals surface area contributed by atoms with Crippen molar-refractivity contribution in [3.8, 4) is 0 Å². The highest BCUT2D eigenvalue weighted by Gasteiger charge is 2.38. The number of alkyl halides is 2. The fourth-order valence-electron chi connectivity index (χ4n) is 3.97. The number of hydrogen-bond donors (Lipinski definition) is 1. The number of carbonyl (C=O) groups excluding carboxylic acids is 1. The molecule has 1 aromatic heterocycles. The van der Waals surface area contributed by atoms with Crippen molar-refractivity contribution in [3.05, 3.63) is 62.5 Å². The molecule has 0 radical (unpaired) electrons. The Morgan fingerprint density at radius 2 is 2.24 bits per heavy atom. The maximum Gasteiger partial charge on any atom is 0.338 e. The molecule has 1 atom stereocenters. The highest BCUT2D eigenvalue weighted by molar-refractivity contribution is 7.11. The van der Waals surface area contributed by atoms with E-state index in [1.165, 1.54) is 23.5 Å². The van der Waals surface area contributed by atoms with Crippen molar-refractivity contribution in [2.75, 3.05) is 26.2 Å². The third-order valence-electron chi connectivity index (χ3n) is 5.37. The van der Waals surface area contributed by atoms with Gasteiger partial charge in [-0.25, -0.2) is 22.9 Å². The summed E-state index contributed by atoms with van der Waals surface area (Å²) in [5.41, 5.74) is 0.939. The van der Waals surface area contributed by atoms with Gasteiger partial charge in [0, 0.05) is 40.8 Å². The van der Waals surface area contributed by atoms with E-state index in [0.717, 1.165) is 6.07 Å². The summed E-state index contributed by atoms with van der Waals surface area (Å²) in [5.74, 6) is -3.60. The molecule has 1 N–H and O–H groups in total. The summed E-state index contributed by atoms with van der Waals surface area (Å²) in [7, 11) is 0. The van der Waals surface area contributed by atoms with E-state index < -0.39 is 30.3 Å². The Bertz CT molecular complexity index is 1090. The minimum atomic E-state index is -2.80. The van der Waals surface area contributed by atoms with E-state index in [1.54, 1.807) is 23.4 Å². The van der Waals surface area contributed by atoms with Crippen LogP contribution < -0.4 is 5.32 Å². The minimum Gasteiger partial charge on any atom is -0.463 e. The molecular formula is C22H22ClF3N4O2S. The predicted molar refractivity (Wildman–Crippen MR) is 120 cm³/mol. The first-order valence-corrected chi connectivity index (χ1v) is 11.7. The van der Waals surface area contributed by atoms with Crippen LogP contribution in [0, 0.1) is 5.82 Å². The second-order valence-corrected chi connectivity index (χ2v) is 9.09. The first-order chi connectivity index (χ1) is 15.8. The number of rotatable bonds is 6. The second kappa shape index (κ2) is 9.82. The number of carbonyl (C=O) groups is 1. The Hall–Kier alpha value is -2.43. The van der Waals surface area contributed by atoms with E-state index in [0.29, 0.717) is 35.1 Å². The number of aliphatic imine (C=N–C) groups is 1. The van der Waals surface area contributed by atoms with Crippen molar-refractivity contribution < 1.29 is 22.7 Å². The molecule has 0 bridgehead atoms. The molecule has 11 heteroatoms. The normalized spacial score (nSPS) is 20.9. The number of likely N-dealkylation sites (tertiary alicyclic amines) is 1. The zero-order chi connectivity index (χ0) is 23.6. The number of hydrogen-bond acceptors (Lipinski definition) is 7. The van der Waals surface area contributed by atoms with Crippen molar-refractivity contribution >= 4 is 34.7 Å². The first kappa shape index (κ1) is 23.7. The van der Waals surface area contributed by atoms with Gasteiger partial charge in [-0.1, -0.05) is 17.7 Å². The summed E-state index contributed by atoms with van der Waals surface area (Å²) in [6.07, 6.45) is 1.79. The van der Waals surface area contributed by atoms with Gasteiger partial charge in [0.1, 0.15) is 11.9 Å². The Balaban J connectivity index is 1.81. The predicted octanol–water partition coefficient (Wildman–Crippen LogP) is 4.58. The Kier molecular flexibility index (Phi) is 7.06. The van der Waals surface area contributed by atoms with Gasteiger partial charge in [0.2, 0.25) is 0 Å². The quantitative estimate of drug-likeness (QED) is 0.591. The molecule has 1 aromatic carbocycles. The van der Waals surface area contributed by atoms with Crippen LogP contribution in [0.3, 0.4) is 0 Å². The molecule has 1 unspecified atom stereocenters. The van der Waals surface area contributed by atoms with Crippen molar-refractivity contribution in [2.45, 2.75) is 31.7 Å². The lowest BCUT2D eigenvalue weighted by Crippen LogP contribution is -2.46. The van der Waals surface area contributed by atoms with Crippen LogP contribution in [0.4, 0.5) is 13.2 Å². The standard InChI is InChI=1S/C22H22ClF3N4O2S/c1-2-32-21(31)17-16(11-30-8-3-6-22(25,26)12-30)28-19(20-27-7-9-33-20)29-18(17)14-5-4-13(24)10-15(14)23/h4-5,7,9-10,18H,2-3,6,8,11-12H2,1H3,(H,28,29). The molecule has 33 heavy (non-hydrogen) atoms. The zero-order valence-electron chi connectivity index (χ0n) is 17.8. The van der Waals surface area contributed by atoms with Gasteiger partial charge in [0.15, 0.2) is 10.8 Å². The van der Waals surface area contributed by atoms with Crippen LogP contribution in [0.2, 0.25) is 5.02 Å². The third kappa shape index (κ3) is 5.39. The molecule has 3 heterocycles. The van der Waals surface area contributed by atoms with E-state index in [9.17, 15) is 18.0 Å². The summed E-state index contributed by atoms with van der Waals surface area (Å²) in [6, 6.07) is 2.92. The van der Waals surface area contributed by atoms with Gasteiger partial charge in [-0.15, -0.1) is 11.3 Å². The lowest BCUT2D eigenvalue weighted by atomic mass is 9.94. The fraction of sp³-hybridized carbons (Fsp3) is 0.409. The van der Waals surface area contributed by atoms with Gasteiger partial charge in [0.05, 0.1) is 18.7 Å². The lowest BCUT2D eigenvalue weighted by molar-refractivity contribution is -0.139. The number of halogens is 4. The molecule has 2 aromatic rings. The molecule has 0 saturated carbocycles. The highest BCUT2D eigenvalue weighted by Crippen LogP contribution is 2.37. The Morgan fingerprint density at radius 1 is 1.42 bits per heavy atom. The first-order valence-electron chi connectivity index (χ1n) is 10.5. The molecule has 176 valence electrons. The van der Waals surface area contributed by atoms with Gasteiger partial charge in [0.25, 0.3) is 5.92 Å². The number of nitrogens with one attached hydrogen (secondary N) is 1. The molecule has 0 spiro atoms. The van der Waals surface area contributed by atoms with E-state index in [4.69, 9.17) is 16.3 Å². The number of thiazole rings is 1. The number of esters is 1. The fourth-order valence-corrected chi connectivity index (χ4v) is 4.83.